The Kier molecular flexibility index (Phi) is 2.27. The molecular weight excluding hydrogens is 223 g/mol. The van der Waals surface area contributed by atoms with Crippen molar-refractivity contribution in [1.82, 2.24) is 9.97 Å². The summed E-state index contributed by atoms with van der Waals surface area (Å²) in [5, 5.41) is 0. The van der Waals surface area contributed by atoms with E-state index in [1.54, 1.807) is 19.5 Å². The summed E-state index contributed by atoms with van der Waals surface area (Å²) in [5.41, 5.74) is 0. The van der Waals surface area contributed by atoms with E-state index in [1.165, 1.54) is 22.5 Å². The summed E-state index contributed by atoms with van der Waals surface area (Å²) < 4.78 is 5.79. The first-order valence-electron chi connectivity index (χ1n) is 2.40. The van der Waals surface area contributed by atoms with Crippen molar-refractivity contribution >= 4 is 26.2 Å². The van der Waals surface area contributed by atoms with Crippen molar-refractivity contribution in [3.05, 3.63) is 12.4 Å². The van der Waals surface area contributed by atoms with Gasteiger partial charge in [0.25, 0.3) is 0 Å². The molecule has 1 heterocycles. The molecule has 3 nitrogen and oxygen atoms in total. The van der Waals surface area contributed by atoms with E-state index in [4.69, 9.17) is 4.74 Å². The standard InChI is InChI=1S/C5H5N2O.Sn/c1-8-5-4-6-2-3-7-5;/h3-4H,1H3;. The molecule has 1 aromatic heterocycles. The first kappa shape index (κ1) is 6.79. The van der Waals surface area contributed by atoms with Crippen molar-refractivity contribution in [3.63, 3.8) is 0 Å². The molecule has 0 N–H and O–H groups in total. The summed E-state index contributed by atoms with van der Waals surface area (Å²) in [6.45, 7) is 0. The summed E-state index contributed by atoms with van der Waals surface area (Å²) in [5.74, 6) is 0.571. The molecule has 0 amide bonds. The Morgan fingerprint density at radius 1 is 1.44 bits per heavy atom. The van der Waals surface area contributed by atoms with Crippen LogP contribution in [-0.4, -0.2) is 39.6 Å². The van der Waals surface area contributed by atoms with Crippen molar-refractivity contribution in [2.24, 2.45) is 0 Å². The topological polar surface area (TPSA) is 35.0 Å². The summed E-state index contributed by atoms with van der Waals surface area (Å²) in [6.07, 6.45) is 3.32. The Hall–Kier alpha value is -0.321. The fourth-order valence-electron chi connectivity index (χ4n) is 0.422. The maximum atomic E-state index is 4.81. The Morgan fingerprint density at radius 3 is 2.67 bits per heavy atom. The third-order valence-electron chi connectivity index (χ3n) is 0.837. The van der Waals surface area contributed by atoms with Crippen LogP contribution in [-0.2, 0) is 0 Å². The molecule has 0 saturated carbocycles. The van der Waals surface area contributed by atoms with E-state index in [0.29, 0.717) is 5.88 Å². The number of ether oxygens (including phenoxy) is 1. The molecule has 1 aromatic rings. The number of rotatable bonds is 1. The van der Waals surface area contributed by atoms with Crippen LogP contribution in [0.15, 0.2) is 12.4 Å². The molecule has 0 saturated heterocycles. The van der Waals surface area contributed by atoms with Gasteiger partial charge in [0.2, 0.25) is 0 Å². The quantitative estimate of drug-likeness (QED) is 0.594. The average Bonchev–Trinajstić information content (AvgIpc) is 1.90. The van der Waals surface area contributed by atoms with Crippen LogP contribution in [0.3, 0.4) is 0 Å². The van der Waals surface area contributed by atoms with Gasteiger partial charge in [0.05, 0.1) is 0 Å². The number of nitrogens with zero attached hydrogens (tertiary/aromatic N) is 2. The zero-order valence-electron chi connectivity index (χ0n) is 4.96. The van der Waals surface area contributed by atoms with E-state index < -0.39 is 0 Å². The van der Waals surface area contributed by atoms with Gasteiger partial charge in [-0.15, -0.1) is 0 Å². The van der Waals surface area contributed by atoms with Gasteiger partial charge in [0, 0.05) is 0 Å². The van der Waals surface area contributed by atoms with Crippen LogP contribution in [0.2, 0.25) is 0 Å². The molecule has 0 atom stereocenters. The monoisotopic (exact) mass is 229 g/mol. The molecule has 9 heavy (non-hydrogen) atoms. The second kappa shape index (κ2) is 3.00. The summed E-state index contributed by atoms with van der Waals surface area (Å²) >= 11 is 1.27. The van der Waals surface area contributed by atoms with Crippen LogP contribution in [0.5, 0.6) is 5.88 Å². The molecule has 0 aromatic carbocycles. The van der Waals surface area contributed by atoms with Gasteiger partial charge in [0.1, 0.15) is 0 Å². The van der Waals surface area contributed by atoms with Gasteiger partial charge >= 0.3 is 66.3 Å². The van der Waals surface area contributed by atoms with Gasteiger partial charge in [-0.05, 0) is 0 Å². The molecule has 45 valence electrons. The predicted octanol–water partition coefficient (Wildman–Crippen LogP) is -0.721. The molecule has 0 aliphatic rings. The first-order valence-corrected chi connectivity index (χ1v) is 3.83. The van der Waals surface area contributed by atoms with E-state index in [9.17, 15) is 0 Å². The number of hydrogen-bond acceptors (Lipinski definition) is 3. The van der Waals surface area contributed by atoms with Crippen LogP contribution in [0.1, 0.15) is 0 Å². The van der Waals surface area contributed by atoms with E-state index in [0.717, 1.165) is 3.71 Å². The Morgan fingerprint density at radius 2 is 2.22 bits per heavy atom. The summed E-state index contributed by atoms with van der Waals surface area (Å²) in [4.78, 5) is 7.94. The minimum absolute atomic E-state index is 0.571. The van der Waals surface area contributed by atoms with Gasteiger partial charge in [-0.3, -0.25) is 0 Å². The molecule has 4 heteroatoms. The SMILES string of the molecule is COc1cn[c]([Sn])cn1. The summed E-state index contributed by atoms with van der Waals surface area (Å²) in [7, 11) is 1.58. The average molecular weight is 228 g/mol. The van der Waals surface area contributed by atoms with Crippen molar-refractivity contribution in [1.29, 1.82) is 0 Å². The van der Waals surface area contributed by atoms with E-state index in [2.05, 4.69) is 9.97 Å². The predicted molar refractivity (Wildman–Crippen MR) is 34.0 cm³/mol. The Bertz CT molecular complexity index is 187. The van der Waals surface area contributed by atoms with Gasteiger partial charge in [0.15, 0.2) is 0 Å². The molecule has 0 fully saturated rings. The Labute approximate surface area is 66.6 Å². The van der Waals surface area contributed by atoms with Gasteiger partial charge in [-0.25, -0.2) is 0 Å². The fraction of sp³-hybridized carbons (Fsp3) is 0.200. The fourth-order valence-corrected chi connectivity index (χ4v) is 0.790. The summed E-state index contributed by atoms with van der Waals surface area (Å²) in [6, 6.07) is 0. The van der Waals surface area contributed by atoms with Crippen molar-refractivity contribution in [2.75, 3.05) is 7.11 Å². The van der Waals surface area contributed by atoms with Crippen molar-refractivity contribution < 1.29 is 4.74 Å². The van der Waals surface area contributed by atoms with Gasteiger partial charge < -0.3 is 0 Å². The van der Waals surface area contributed by atoms with Crippen molar-refractivity contribution in [2.45, 2.75) is 0 Å². The molecule has 1 rings (SSSR count). The molecule has 0 aliphatic carbocycles. The molecule has 3 radical (unpaired) electrons. The minimum atomic E-state index is 0.571. The zero-order valence-corrected chi connectivity index (χ0v) is 7.81. The Balaban J connectivity index is 2.88. The second-order valence-electron chi connectivity index (χ2n) is 1.44. The van der Waals surface area contributed by atoms with Gasteiger partial charge in [-0.2, -0.15) is 0 Å². The van der Waals surface area contributed by atoms with Crippen LogP contribution in [0.4, 0.5) is 0 Å². The third-order valence-corrected chi connectivity index (χ3v) is 1.57. The van der Waals surface area contributed by atoms with Crippen LogP contribution >= 0.6 is 0 Å². The second-order valence-corrected chi connectivity index (χ2v) is 2.91. The van der Waals surface area contributed by atoms with Crippen LogP contribution in [0, 0.1) is 0 Å². The number of aromatic nitrogens is 2. The van der Waals surface area contributed by atoms with E-state index in [1.807, 2.05) is 0 Å². The molecular formula is C5H5N2OSn. The van der Waals surface area contributed by atoms with Crippen molar-refractivity contribution in [3.8, 4) is 5.88 Å². The first-order chi connectivity index (χ1) is 4.33. The van der Waals surface area contributed by atoms with Gasteiger partial charge in [-0.1, -0.05) is 0 Å². The van der Waals surface area contributed by atoms with Crippen LogP contribution in [0.25, 0.3) is 0 Å². The normalized spacial score (nSPS) is 9.11. The number of hydrogen-bond donors (Lipinski definition) is 0. The molecule has 0 spiro atoms. The maximum absolute atomic E-state index is 4.81. The zero-order chi connectivity index (χ0) is 6.69. The molecule has 0 aliphatic heterocycles. The van der Waals surface area contributed by atoms with Crippen LogP contribution < -0.4 is 8.45 Å². The van der Waals surface area contributed by atoms with E-state index >= 15 is 0 Å². The third kappa shape index (κ3) is 1.82. The molecule has 0 unspecified atom stereocenters. The molecule has 0 bridgehead atoms. The number of methoxy groups -OCH3 is 1. The van der Waals surface area contributed by atoms with E-state index in [-0.39, 0.29) is 0 Å².